The topological polar surface area (TPSA) is 84.3 Å². The highest BCUT2D eigenvalue weighted by Gasteiger charge is 2.20. The molecule has 0 aliphatic carbocycles. The third kappa shape index (κ3) is 4.70. The van der Waals surface area contributed by atoms with E-state index in [1.807, 2.05) is 49.4 Å². The molecule has 0 bridgehead atoms. The third-order valence-electron chi connectivity index (χ3n) is 5.47. The molecule has 0 unspecified atom stereocenters. The molecule has 31 heavy (non-hydrogen) atoms. The number of hydrogen-bond acceptors (Lipinski definition) is 8. The summed E-state index contributed by atoms with van der Waals surface area (Å²) in [5.74, 6) is 3.02. The van der Waals surface area contributed by atoms with E-state index in [9.17, 15) is 0 Å². The fourth-order valence-corrected chi connectivity index (χ4v) is 3.76. The Hall–Kier alpha value is -3.36. The maximum absolute atomic E-state index is 5.51. The van der Waals surface area contributed by atoms with E-state index in [1.54, 1.807) is 12.5 Å². The van der Waals surface area contributed by atoms with Gasteiger partial charge in [0.25, 0.3) is 0 Å². The summed E-state index contributed by atoms with van der Waals surface area (Å²) in [5, 5.41) is 4.17. The van der Waals surface area contributed by atoms with Crippen LogP contribution in [-0.2, 0) is 13.1 Å². The molecule has 0 N–H and O–H groups in total. The molecule has 8 nitrogen and oxygen atoms in total. The maximum atomic E-state index is 5.51. The summed E-state index contributed by atoms with van der Waals surface area (Å²) in [6.45, 7) is 7.32. The van der Waals surface area contributed by atoms with Crippen LogP contribution in [0.25, 0.3) is 22.6 Å². The molecular formula is C23H24N6O2. The maximum Gasteiger partial charge on any atom is 0.241 e. The van der Waals surface area contributed by atoms with Crippen LogP contribution in [0.2, 0.25) is 0 Å². The zero-order valence-electron chi connectivity index (χ0n) is 17.4. The van der Waals surface area contributed by atoms with Gasteiger partial charge in [-0.15, -0.1) is 0 Å². The molecule has 4 aromatic rings. The Kier molecular flexibility index (Phi) is 5.56. The first-order valence-electron chi connectivity index (χ1n) is 10.4. The van der Waals surface area contributed by atoms with Crippen LogP contribution in [0.5, 0.6) is 0 Å². The molecular weight excluding hydrogens is 392 g/mol. The average Bonchev–Trinajstić information content (AvgIpc) is 3.48. The van der Waals surface area contributed by atoms with Crippen LogP contribution in [0.4, 0.5) is 0 Å². The first-order chi connectivity index (χ1) is 15.2. The highest BCUT2D eigenvalue weighted by molar-refractivity contribution is 5.64. The second-order valence-corrected chi connectivity index (χ2v) is 7.71. The number of hydrogen-bond donors (Lipinski definition) is 0. The first kappa shape index (κ1) is 19.6. The number of furan rings is 1. The van der Waals surface area contributed by atoms with Crippen molar-refractivity contribution in [2.24, 2.45) is 0 Å². The molecule has 3 aromatic heterocycles. The van der Waals surface area contributed by atoms with Crippen LogP contribution < -0.4 is 0 Å². The predicted octanol–water partition coefficient (Wildman–Crippen LogP) is 3.41. The normalized spacial score (nSPS) is 15.4. The van der Waals surface area contributed by atoms with Crippen molar-refractivity contribution < 1.29 is 8.94 Å². The summed E-state index contributed by atoms with van der Waals surface area (Å²) in [4.78, 5) is 18.0. The largest absolute Gasteiger partial charge is 0.468 e. The minimum absolute atomic E-state index is 0.608. The van der Waals surface area contributed by atoms with Crippen molar-refractivity contribution in [1.82, 2.24) is 29.9 Å². The van der Waals surface area contributed by atoms with Gasteiger partial charge in [-0.05, 0) is 25.1 Å². The Morgan fingerprint density at radius 2 is 1.61 bits per heavy atom. The number of aromatic nitrogens is 4. The van der Waals surface area contributed by atoms with Gasteiger partial charge in [-0.25, -0.2) is 9.97 Å². The van der Waals surface area contributed by atoms with Crippen LogP contribution >= 0.6 is 0 Å². The summed E-state index contributed by atoms with van der Waals surface area (Å²) in [6, 6.07) is 13.9. The minimum atomic E-state index is 0.608. The quantitative estimate of drug-likeness (QED) is 0.473. The second-order valence-electron chi connectivity index (χ2n) is 7.71. The zero-order valence-corrected chi connectivity index (χ0v) is 17.4. The zero-order chi connectivity index (χ0) is 21.0. The van der Waals surface area contributed by atoms with Crippen molar-refractivity contribution in [1.29, 1.82) is 0 Å². The van der Waals surface area contributed by atoms with Gasteiger partial charge in [-0.1, -0.05) is 29.4 Å². The molecule has 4 heterocycles. The van der Waals surface area contributed by atoms with Gasteiger partial charge < -0.3 is 8.94 Å². The lowest BCUT2D eigenvalue weighted by atomic mass is 10.1. The molecule has 5 rings (SSSR count). The lowest BCUT2D eigenvalue weighted by Gasteiger charge is -2.33. The van der Waals surface area contributed by atoms with E-state index in [-0.39, 0.29) is 0 Å². The minimum Gasteiger partial charge on any atom is -0.468 e. The summed E-state index contributed by atoms with van der Waals surface area (Å²) < 4.78 is 11.0. The fraction of sp³-hybridized carbons (Fsp3) is 0.304. The van der Waals surface area contributed by atoms with Gasteiger partial charge in [-0.2, -0.15) is 4.98 Å². The third-order valence-corrected chi connectivity index (χ3v) is 5.47. The van der Waals surface area contributed by atoms with E-state index in [2.05, 4.69) is 29.9 Å². The van der Waals surface area contributed by atoms with E-state index in [0.717, 1.165) is 61.1 Å². The Balaban J connectivity index is 1.18. The van der Waals surface area contributed by atoms with E-state index in [1.165, 1.54) is 0 Å². The second kappa shape index (κ2) is 8.79. The van der Waals surface area contributed by atoms with E-state index >= 15 is 0 Å². The van der Waals surface area contributed by atoms with Gasteiger partial charge in [-0.3, -0.25) is 9.80 Å². The highest BCUT2D eigenvalue weighted by atomic mass is 16.5. The molecule has 0 atom stereocenters. The molecule has 0 amide bonds. The van der Waals surface area contributed by atoms with Crippen molar-refractivity contribution in [2.45, 2.75) is 20.0 Å². The molecule has 0 radical (unpaired) electrons. The number of aryl methyl sites for hydroxylation is 1. The van der Waals surface area contributed by atoms with Crippen LogP contribution in [0.1, 0.15) is 17.5 Å². The lowest BCUT2D eigenvalue weighted by molar-refractivity contribution is 0.107. The summed E-state index contributed by atoms with van der Waals surface area (Å²) in [5.41, 5.74) is 2.86. The van der Waals surface area contributed by atoms with Crippen LogP contribution in [0, 0.1) is 6.92 Å². The number of rotatable bonds is 6. The van der Waals surface area contributed by atoms with Crippen molar-refractivity contribution in [2.75, 3.05) is 26.2 Å². The van der Waals surface area contributed by atoms with Crippen LogP contribution in [0.3, 0.4) is 0 Å². The highest BCUT2D eigenvalue weighted by Crippen LogP contribution is 2.22. The molecule has 1 aliphatic heterocycles. The van der Waals surface area contributed by atoms with Crippen molar-refractivity contribution in [3.05, 3.63) is 72.4 Å². The van der Waals surface area contributed by atoms with E-state index in [4.69, 9.17) is 8.94 Å². The molecule has 8 heteroatoms. The fourth-order valence-electron chi connectivity index (χ4n) is 3.76. The van der Waals surface area contributed by atoms with Crippen molar-refractivity contribution in [3.63, 3.8) is 0 Å². The smallest absolute Gasteiger partial charge is 0.241 e. The molecule has 1 aliphatic rings. The van der Waals surface area contributed by atoms with Gasteiger partial charge in [0.15, 0.2) is 0 Å². The predicted molar refractivity (Wildman–Crippen MR) is 115 cm³/mol. The van der Waals surface area contributed by atoms with Crippen molar-refractivity contribution >= 4 is 0 Å². The molecule has 158 valence electrons. The number of benzene rings is 1. The number of nitrogens with zero attached hydrogens (tertiary/aromatic N) is 6. The SMILES string of the molecule is Cc1nccc(-c2ccc(-c3noc(CN4CCN(Cc5ccco5)CC4)n3)cc2)n1. The molecule has 0 saturated carbocycles. The number of piperazine rings is 1. The monoisotopic (exact) mass is 416 g/mol. The average molecular weight is 416 g/mol. The standard InChI is InChI=1S/C23H24N6O2/c1-17-24-9-8-21(25-17)18-4-6-19(7-5-18)23-26-22(31-27-23)16-29-12-10-28(11-13-29)15-20-3-2-14-30-20/h2-9,14H,10-13,15-16H2,1H3. The van der Waals surface area contributed by atoms with Crippen LogP contribution in [-0.4, -0.2) is 56.1 Å². The molecule has 1 fully saturated rings. The van der Waals surface area contributed by atoms with Gasteiger partial charge >= 0.3 is 0 Å². The van der Waals surface area contributed by atoms with Crippen molar-refractivity contribution in [3.8, 4) is 22.6 Å². The Labute approximate surface area is 180 Å². The van der Waals surface area contributed by atoms with Gasteiger partial charge in [0, 0.05) is 43.5 Å². The Morgan fingerprint density at radius 3 is 2.32 bits per heavy atom. The lowest BCUT2D eigenvalue weighted by Crippen LogP contribution is -2.45. The van der Waals surface area contributed by atoms with E-state index in [0.29, 0.717) is 18.3 Å². The van der Waals surface area contributed by atoms with Gasteiger partial charge in [0.2, 0.25) is 11.7 Å². The Morgan fingerprint density at radius 1 is 0.871 bits per heavy atom. The molecule has 1 saturated heterocycles. The molecule has 1 aromatic carbocycles. The summed E-state index contributed by atoms with van der Waals surface area (Å²) in [7, 11) is 0. The molecule has 0 spiro atoms. The first-order valence-corrected chi connectivity index (χ1v) is 10.4. The summed E-state index contributed by atoms with van der Waals surface area (Å²) in [6.07, 6.45) is 3.50. The van der Waals surface area contributed by atoms with E-state index < -0.39 is 0 Å². The van der Waals surface area contributed by atoms with Crippen LogP contribution in [0.15, 0.2) is 63.9 Å². The summed E-state index contributed by atoms with van der Waals surface area (Å²) >= 11 is 0. The van der Waals surface area contributed by atoms with Gasteiger partial charge in [0.1, 0.15) is 11.6 Å². The Bertz CT molecular complexity index is 1120. The van der Waals surface area contributed by atoms with Gasteiger partial charge in [0.05, 0.1) is 25.0 Å².